The number of hydrogen-bond donors (Lipinski definition) is 3. The van der Waals surface area contributed by atoms with E-state index in [4.69, 9.17) is 15.0 Å². The van der Waals surface area contributed by atoms with Crippen molar-refractivity contribution in [3.63, 3.8) is 0 Å². The summed E-state index contributed by atoms with van der Waals surface area (Å²) in [4.78, 5) is 36.8. The van der Waals surface area contributed by atoms with Crippen LogP contribution in [0.1, 0.15) is 104 Å². The maximum absolute atomic E-state index is 14.1. The zero-order chi connectivity index (χ0) is 39.1. The zero-order valence-corrected chi connectivity index (χ0v) is 34.4. The van der Waals surface area contributed by atoms with E-state index in [1.165, 1.54) is 11.1 Å². The third kappa shape index (κ3) is 7.99. The number of nitrogens with zero attached hydrogens (tertiary/aromatic N) is 5. The fourth-order valence-electron chi connectivity index (χ4n) is 8.73. The normalized spacial score (nSPS) is 19.2. The monoisotopic (exact) mass is 734 g/mol. The Kier molecular flexibility index (Phi) is 11.2. The van der Waals surface area contributed by atoms with Crippen molar-refractivity contribution in [2.45, 2.75) is 104 Å². The van der Waals surface area contributed by atoms with Crippen LogP contribution in [0.2, 0.25) is 0 Å². The van der Waals surface area contributed by atoms with E-state index in [1.807, 2.05) is 40.6 Å². The molecule has 2 aliphatic heterocycles. The summed E-state index contributed by atoms with van der Waals surface area (Å²) in [5.41, 5.74) is 5.98. The average molecular weight is 734 g/mol. The number of aromatic amines is 1. The number of hydrogen-bond acceptors (Lipinski definition) is 6. The van der Waals surface area contributed by atoms with Crippen molar-refractivity contribution in [1.29, 1.82) is 0 Å². The number of guanidine groups is 1. The molecule has 1 aromatic heterocycles. The van der Waals surface area contributed by atoms with Crippen LogP contribution in [-0.2, 0) is 4.79 Å². The molecule has 3 aromatic rings. The molecular formula is C45H63N7O2. The molecule has 3 aliphatic rings. The molecule has 290 valence electrons. The van der Waals surface area contributed by atoms with Gasteiger partial charge in [-0.1, -0.05) is 96.5 Å². The van der Waals surface area contributed by atoms with Gasteiger partial charge >= 0.3 is 0 Å². The van der Waals surface area contributed by atoms with E-state index in [1.54, 1.807) is 0 Å². The fourth-order valence-corrected chi connectivity index (χ4v) is 8.73. The highest BCUT2D eigenvalue weighted by Gasteiger charge is 2.58. The van der Waals surface area contributed by atoms with E-state index >= 15 is 0 Å². The maximum Gasteiger partial charge on any atom is 0.196 e. The molecule has 0 amide bonds. The number of carbonyl (C=O) groups excluding carboxylic acids is 1. The second-order valence-electron chi connectivity index (χ2n) is 18.5. The van der Waals surface area contributed by atoms with Gasteiger partial charge in [0.2, 0.25) is 0 Å². The Bertz CT molecular complexity index is 1860. The maximum atomic E-state index is 14.1. The molecule has 0 bridgehead atoms. The van der Waals surface area contributed by atoms with Crippen LogP contribution in [0, 0.1) is 16.2 Å². The number of nitrogens with one attached hydrogen (secondary N) is 2. The molecule has 1 saturated heterocycles. The van der Waals surface area contributed by atoms with Gasteiger partial charge in [0.25, 0.3) is 0 Å². The average Bonchev–Trinajstić information content (AvgIpc) is 3.77. The molecule has 9 nitrogen and oxygen atoms in total. The number of carbonyl (C=O) groups is 1. The van der Waals surface area contributed by atoms with Crippen molar-refractivity contribution in [1.82, 2.24) is 25.1 Å². The van der Waals surface area contributed by atoms with Gasteiger partial charge in [0.05, 0.1) is 28.9 Å². The van der Waals surface area contributed by atoms with Crippen molar-refractivity contribution in [3.8, 4) is 22.4 Å². The molecule has 3 heterocycles. The first-order chi connectivity index (χ1) is 25.4. The molecule has 1 saturated carbocycles. The Labute approximate surface area is 323 Å². The lowest BCUT2D eigenvalue weighted by atomic mass is 9.52. The minimum absolute atomic E-state index is 0.0333. The number of aliphatic hydroxyl groups is 1. The first-order valence-corrected chi connectivity index (χ1v) is 19.8. The quantitative estimate of drug-likeness (QED) is 0.143. The van der Waals surface area contributed by atoms with Crippen LogP contribution in [0.4, 0.5) is 0 Å². The number of rotatable bonds is 10. The Hall–Kier alpha value is -4.08. The molecule has 2 aromatic carbocycles. The summed E-state index contributed by atoms with van der Waals surface area (Å²) in [5, 5.41) is 15.1. The SMILES string of the molecule is CN(C)C(=N[C@H](C1=NC=C(c2ccc(-c3ccc(-c4cnc([C@@H](CC(=O)C5(C6(O)CCNCC6)CCC5)C(C)(C)C)[nH]4)cc3)cc2)C1)C(C)(C)C)N(C)C. The highest BCUT2D eigenvalue weighted by Crippen LogP contribution is 2.55. The summed E-state index contributed by atoms with van der Waals surface area (Å²) in [6.07, 6.45) is 8.93. The van der Waals surface area contributed by atoms with Gasteiger partial charge in [-0.3, -0.25) is 9.79 Å². The van der Waals surface area contributed by atoms with E-state index in [-0.39, 0.29) is 28.6 Å². The Morgan fingerprint density at radius 2 is 1.39 bits per heavy atom. The highest BCUT2D eigenvalue weighted by molar-refractivity contribution is 6.03. The number of aliphatic imine (C=N–C) groups is 2. The van der Waals surface area contributed by atoms with Crippen molar-refractivity contribution in [2.75, 3.05) is 41.3 Å². The molecule has 2 atom stereocenters. The highest BCUT2D eigenvalue weighted by atomic mass is 16.3. The molecule has 3 N–H and O–H groups in total. The van der Waals surface area contributed by atoms with Gasteiger partial charge in [0.1, 0.15) is 11.6 Å². The van der Waals surface area contributed by atoms with Crippen molar-refractivity contribution in [2.24, 2.45) is 26.2 Å². The summed E-state index contributed by atoms with van der Waals surface area (Å²) in [7, 11) is 8.12. The third-order valence-corrected chi connectivity index (χ3v) is 12.1. The van der Waals surface area contributed by atoms with E-state index in [2.05, 4.69) is 110 Å². The number of benzene rings is 2. The van der Waals surface area contributed by atoms with Crippen molar-refractivity contribution in [3.05, 3.63) is 72.3 Å². The molecule has 0 radical (unpaired) electrons. The summed E-state index contributed by atoms with van der Waals surface area (Å²) >= 11 is 0. The first kappa shape index (κ1) is 39.6. The smallest absolute Gasteiger partial charge is 0.196 e. The van der Waals surface area contributed by atoms with E-state index < -0.39 is 11.0 Å². The molecular weight excluding hydrogens is 671 g/mol. The van der Waals surface area contributed by atoms with Gasteiger partial charge in [-0.2, -0.15) is 0 Å². The van der Waals surface area contributed by atoms with Gasteiger partial charge in [0.15, 0.2) is 5.96 Å². The lowest BCUT2D eigenvalue weighted by molar-refractivity contribution is -0.171. The van der Waals surface area contributed by atoms with Gasteiger partial charge < -0.3 is 25.2 Å². The summed E-state index contributed by atoms with van der Waals surface area (Å²) in [6, 6.07) is 17.3. The molecule has 54 heavy (non-hydrogen) atoms. The predicted molar refractivity (Wildman–Crippen MR) is 223 cm³/mol. The van der Waals surface area contributed by atoms with Crippen LogP contribution < -0.4 is 5.32 Å². The van der Waals surface area contributed by atoms with Crippen molar-refractivity contribution < 1.29 is 9.90 Å². The Balaban J connectivity index is 1.13. The van der Waals surface area contributed by atoms with Gasteiger partial charge in [-0.05, 0) is 77.4 Å². The lowest BCUT2D eigenvalue weighted by Gasteiger charge is -2.54. The zero-order valence-electron chi connectivity index (χ0n) is 34.4. The summed E-state index contributed by atoms with van der Waals surface area (Å²) in [6.45, 7) is 14.8. The minimum Gasteiger partial charge on any atom is -0.389 e. The van der Waals surface area contributed by atoms with Crippen LogP contribution in [0.3, 0.4) is 0 Å². The van der Waals surface area contributed by atoms with Crippen LogP contribution in [-0.4, -0.2) is 95.3 Å². The number of piperidine rings is 1. The summed E-state index contributed by atoms with van der Waals surface area (Å²) < 4.78 is 0. The van der Waals surface area contributed by atoms with Crippen LogP contribution in [0.25, 0.3) is 28.0 Å². The molecule has 6 rings (SSSR count). The first-order valence-electron chi connectivity index (χ1n) is 19.8. The van der Waals surface area contributed by atoms with Crippen molar-refractivity contribution >= 4 is 23.0 Å². The predicted octanol–water partition coefficient (Wildman–Crippen LogP) is 8.20. The standard InChI is InChI=1S/C45H63N7O2/c1-42(2,3)35(27-38(53)44(20-11-21-44)45(54)22-24-46-25-23-45)40-48-29-37(49-40)33-18-16-31(17-19-33)30-12-14-32(15-13-30)34-26-36(47-28-34)39(43(4,5)6)50-41(51(7)8)52(9)10/h12-19,28-29,35,39,46,54H,11,20-27H2,1-10H3,(H,48,49)/t35-,39-/m1/s1. The molecule has 0 spiro atoms. The van der Waals surface area contributed by atoms with Gasteiger partial charge in [0, 0.05) is 58.9 Å². The van der Waals surface area contributed by atoms with Crippen LogP contribution in [0.5, 0.6) is 0 Å². The lowest BCUT2D eigenvalue weighted by Crippen LogP contribution is -2.61. The van der Waals surface area contributed by atoms with Crippen LogP contribution >= 0.6 is 0 Å². The molecule has 0 unspecified atom stereocenters. The number of H-pyrrole nitrogens is 1. The topological polar surface area (TPSA) is 109 Å². The molecule has 9 heteroatoms. The third-order valence-electron chi connectivity index (χ3n) is 12.1. The molecule has 1 aliphatic carbocycles. The minimum atomic E-state index is -0.911. The van der Waals surface area contributed by atoms with E-state index in [0.717, 1.165) is 78.7 Å². The largest absolute Gasteiger partial charge is 0.389 e. The summed E-state index contributed by atoms with van der Waals surface area (Å²) in [5.74, 6) is 1.88. The molecule has 2 fully saturated rings. The van der Waals surface area contributed by atoms with Gasteiger partial charge in [-0.15, -0.1) is 0 Å². The number of aromatic nitrogens is 2. The van der Waals surface area contributed by atoms with Gasteiger partial charge in [-0.25, -0.2) is 9.98 Å². The Morgan fingerprint density at radius 1 is 0.833 bits per heavy atom. The number of ketones is 1. The second kappa shape index (κ2) is 15.2. The fraction of sp³-hybridized carbons (Fsp3) is 0.556. The Morgan fingerprint density at radius 3 is 1.89 bits per heavy atom. The number of imidazole rings is 1. The van der Waals surface area contributed by atoms with Crippen LogP contribution in [0.15, 0.2) is 70.9 Å². The van der Waals surface area contributed by atoms with E-state index in [9.17, 15) is 9.90 Å². The number of Topliss-reactive ketones (excluding diaryl/α,β-unsaturated/α-hetero) is 1. The number of allylic oxidation sites excluding steroid dienone is 1. The van der Waals surface area contributed by atoms with E-state index in [0.29, 0.717) is 19.3 Å². The second-order valence-corrected chi connectivity index (χ2v) is 18.5.